The molecule has 5 nitrogen and oxygen atoms in total. The molecule has 22 heavy (non-hydrogen) atoms. The van der Waals surface area contributed by atoms with Gasteiger partial charge in [-0.15, -0.1) is 0 Å². The average molecular weight is 368 g/mol. The zero-order chi connectivity index (χ0) is 16.5. The minimum atomic E-state index is -0.477. The number of nitrogens with zero attached hydrogens (tertiary/aromatic N) is 2. The van der Waals surface area contributed by atoms with E-state index in [0.717, 1.165) is 10.2 Å². The van der Waals surface area contributed by atoms with Gasteiger partial charge in [-0.25, -0.2) is 4.79 Å². The Kier molecular flexibility index (Phi) is 4.80. The van der Waals surface area contributed by atoms with E-state index in [1.54, 1.807) is 16.7 Å². The van der Waals surface area contributed by atoms with Crippen molar-refractivity contribution in [2.75, 3.05) is 18.0 Å². The van der Waals surface area contributed by atoms with Gasteiger partial charge in [0.1, 0.15) is 6.04 Å². The zero-order valence-corrected chi connectivity index (χ0v) is 15.0. The first-order chi connectivity index (χ1) is 10.2. The first-order valence-electron chi connectivity index (χ1n) is 7.35. The average Bonchev–Trinajstić information content (AvgIpc) is 2.39. The summed E-state index contributed by atoms with van der Waals surface area (Å²) >= 11 is 3.42. The van der Waals surface area contributed by atoms with Crippen molar-refractivity contribution in [1.29, 1.82) is 0 Å². The Morgan fingerprint density at radius 3 is 2.59 bits per heavy atom. The molecule has 3 amide bonds. The third-order valence-corrected chi connectivity index (χ3v) is 4.01. The summed E-state index contributed by atoms with van der Waals surface area (Å²) < 4.78 is 0.929. The molecule has 0 saturated carbocycles. The summed E-state index contributed by atoms with van der Waals surface area (Å²) in [5.74, 6) is -0.0617. The number of hydrogen-bond acceptors (Lipinski definition) is 2. The second kappa shape index (κ2) is 6.28. The normalized spacial score (nSPS) is 19.3. The molecule has 0 unspecified atom stereocenters. The molecule has 1 aromatic carbocycles. The van der Waals surface area contributed by atoms with Gasteiger partial charge < -0.3 is 15.1 Å². The van der Waals surface area contributed by atoms with Gasteiger partial charge in [-0.1, -0.05) is 22.0 Å². The molecule has 1 aromatic rings. The zero-order valence-electron chi connectivity index (χ0n) is 13.4. The maximum atomic E-state index is 12.6. The van der Waals surface area contributed by atoms with Crippen molar-refractivity contribution < 1.29 is 9.59 Å². The lowest BCUT2D eigenvalue weighted by Crippen LogP contribution is -2.61. The number of anilines is 1. The van der Waals surface area contributed by atoms with Crippen LogP contribution >= 0.6 is 15.9 Å². The van der Waals surface area contributed by atoms with Crippen molar-refractivity contribution in [1.82, 2.24) is 10.2 Å². The van der Waals surface area contributed by atoms with Gasteiger partial charge in [0, 0.05) is 28.8 Å². The van der Waals surface area contributed by atoms with E-state index in [0.29, 0.717) is 13.1 Å². The van der Waals surface area contributed by atoms with Crippen LogP contribution in [-0.2, 0) is 4.79 Å². The Balaban J connectivity index is 2.13. The van der Waals surface area contributed by atoms with Gasteiger partial charge in [0.05, 0.1) is 0 Å². The molecule has 1 aliphatic heterocycles. The molecule has 0 spiro atoms. The maximum Gasteiger partial charge on any atom is 0.318 e. The van der Waals surface area contributed by atoms with E-state index in [2.05, 4.69) is 21.2 Å². The van der Waals surface area contributed by atoms with Crippen molar-refractivity contribution in [3.63, 3.8) is 0 Å². The van der Waals surface area contributed by atoms with Gasteiger partial charge in [-0.2, -0.15) is 0 Å². The summed E-state index contributed by atoms with van der Waals surface area (Å²) in [4.78, 5) is 28.2. The molecular weight excluding hydrogens is 346 g/mol. The fourth-order valence-electron chi connectivity index (χ4n) is 2.44. The van der Waals surface area contributed by atoms with Crippen LogP contribution in [0.25, 0.3) is 0 Å². The van der Waals surface area contributed by atoms with Crippen molar-refractivity contribution in [3.8, 4) is 0 Å². The minimum Gasteiger partial charge on any atom is -0.333 e. The number of carbonyl (C=O) groups excluding carboxylic acids is 2. The van der Waals surface area contributed by atoms with E-state index in [-0.39, 0.29) is 17.5 Å². The highest BCUT2D eigenvalue weighted by atomic mass is 79.9. The van der Waals surface area contributed by atoms with Crippen molar-refractivity contribution >= 4 is 33.6 Å². The van der Waals surface area contributed by atoms with Crippen LogP contribution in [0.2, 0.25) is 0 Å². The van der Waals surface area contributed by atoms with Crippen LogP contribution in [-0.4, -0.2) is 41.5 Å². The molecule has 0 radical (unpaired) electrons. The van der Waals surface area contributed by atoms with E-state index < -0.39 is 6.04 Å². The minimum absolute atomic E-state index is 0.0617. The highest BCUT2D eigenvalue weighted by Gasteiger charge is 2.35. The van der Waals surface area contributed by atoms with Crippen molar-refractivity contribution in [2.24, 2.45) is 0 Å². The number of benzene rings is 1. The molecule has 0 bridgehead atoms. The summed E-state index contributed by atoms with van der Waals surface area (Å²) in [6.07, 6.45) is 0. The van der Waals surface area contributed by atoms with E-state index in [4.69, 9.17) is 0 Å². The molecular formula is C16H22BrN3O2. The Morgan fingerprint density at radius 1 is 1.32 bits per heavy atom. The van der Waals surface area contributed by atoms with Crippen LogP contribution in [0.1, 0.15) is 27.7 Å². The van der Waals surface area contributed by atoms with Crippen LogP contribution in [0.5, 0.6) is 0 Å². The van der Waals surface area contributed by atoms with E-state index in [1.807, 2.05) is 45.0 Å². The third-order valence-electron chi connectivity index (χ3n) is 3.52. The molecule has 0 aliphatic carbocycles. The number of piperazine rings is 1. The van der Waals surface area contributed by atoms with E-state index in [9.17, 15) is 9.59 Å². The second-order valence-electron chi connectivity index (χ2n) is 6.52. The summed E-state index contributed by atoms with van der Waals surface area (Å²) in [6, 6.07) is 6.97. The van der Waals surface area contributed by atoms with Gasteiger partial charge in [-0.05, 0) is 45.9 Å². The van der Waals surface area contributed by atoms with Gasteiger partial charge >= 0.3 is 6.03 Å². The van der Waals surface area contributed by atoms with Crippen molar-refractivity contribution in [3.05, 3.63) is 28.7 Å². The van der Waals surface area contributed by atoms with E-state index >= 15 is 0 Å². The van der Waals surface area contributed by atoms with Gasteiger partial charge in [0.25, 0.3) is 0 Å². The number of carbonyl (C=O) groups is 2. The van der Waals surface area contributed by atoms with Crippen LogP contribution in [0, 0.1) is 0 Å². The first-order valence-corrected chi connectivity index (χ1v) is 8.14. The van der Waals surface area contributed by atoms with Crippen LogP contribution in [0.3, 0.4) is 0 Å². The highest BCUT2D eigenvalue weighted by molar-refractivity contribution is 9.10. The summed E-state index contributed by atoms with van der Waals surface area (Å²) in [5.41, 5.74) is 0.531. The molecule has 6 heteroatoms. The fourth-order valence-corrected chi connectivity index (χ4v) is 2.83. The molecule has 120 valence electrons. The summed E-state index contributed by atoms with van der Waals surface area (Å²) in [7, 11) is 0. The molecule has 1 N–H and O–H groups in total. The lowest BCUT2D eigenvalue weighted by atomic mass is 10.1. The Morgan fingerprint density at radius 2 is 2.00 bits per heavy atom. The Bertz CT molecular complexity index is 583. The quantitative estimate of drug-likeness (QED) is 0.829. The Labute approximate surface area is 139 Å². The van der Waals surface area contributed by atoms with Gasteiger partial charge in [0.2, 0.25) is 5.91 Å². The molecule has 1 saturated heterocycles. The second-order valence-corrected chi connectivity index (χ2v) is 7.43. The predicted molar refractivity (Wildman–Crippen MR) is 90.9 cm³/mol. The topological polar surface area (TPSA) is 52.7 Å². The fraction of sp³-hybridized carbons (Fsp3) is 0.500. The largest absolute Gasteiger partial charge is 0.333 e. The first kappa shape index (κ1) is 16.8. The van der Waals surface area contributed by atoms with Crippen molar-refractivity contribution in [2.45, 2.75) is 39.3 Å². The third kappa shape index (κ3) is 3.80. The number of hydrogen-bond donors (Lipinski definition) is 1. The number of nitrogens with one attached hydrogen (secondary N) is 1. The Hall–Kier alpha value is -1.56. The van der Waals surface area contributed by atoms with Gasteiger partial charge in [0.15, 0.2) is 0 Å². The standard InChI is InChI=1S/C16H22BrN3O2/c1-11-14(21)20(13-7-5-6-12(17)10-13)9-8-19(11)15(22)18-16(2,3)4/h5-7,10-11H,8-9H2,1-4H3,(H,18,22)/t11-/m0/s1. The molecule has 1 atom stereocenters. The van der Waals surface area contributed by atoms with Crippen LogP contribution in [0.15, 0.2) is 28.7 Å². The maximum absolute atomic E-state index is 12.6. The molecule has 1 heterocycles. The highest BCUT2D eigenvalue weighted by Crippen LogP contribution is 2.24. The monoisotopic (exact) mass is 367 g/mol. The summed E-state index contributed by atoms with van der Waals surface area (Å²) in [5, 5.41) is 2.91. The van der Waals surface area contributed by atoms with Crippen LogP contribution in [0.4, 0.5) is 10.5 Å². The summed E-state index contributed by atoms with van der Waals surface area (Å²) in [6.45, 7) is 8.56. The molecule has 0 aromatic heterocycles. The van der Waals surface area contributed by atoms with E-state index in [1.165, 1.54) is 0 Å². The molecule has 2 rings (SSSR count). The smallest absolute Gasteiger partial charge is 0.318 e. The van der Waals surface area contributed by atoms with Gasteiger partial charge in [-0.3, -0.25) is 4.79 Å². The lowest BCUT2D eigenvalue weighted by molar-refractivity contribution is -0.124. The number of halogens is 1. The number of rotatable bonds is 1. The van der Waals surface area contributed by atoms with Crippen LogP contribution < -0.4 is 10.2 Å². The number of amides is 3. The number of urea groups is 1. The SMILES string of the molecule is C[C@H]1C(=O)N(c2cccc(Br)c2)CCN1C(=O)NC(C)(C)C. The molecule has 1 fully saturated rings. The predicted octanol–water partition coefficient (Wildman–Crippen LogP) is 2.99. The molecule has 1 aliphatic rings. The lowest BCUT2D eigenvalue weighted by Gasteiger charge is -2.40.